The molecule has 2 aliphatic carbocycles. The molecule has 1 fully saturated rings. The smallest absolute Gasteiger partial charge is 0.0208 e. The van der Waals surface area contributed by atoms with Crippen LogP contribution in [-0.2, 0) is 6.54 Å². The Kier molecular flexibility index (Phi) is 2.29. The van der Waals surface area contributed by atoms with E-state index in [0.717, 1.165) is 24.3 Å². The first-order chi connectivity index (χ1) is 8.43. The van der Waals surface area contributed by atoms with Crippen molar-refractivity contribution >= 4 is 0 Å². The van der Waals surface area contributed by atoms with Gasteiger partial charge in [-0.15, -0.1) is 0 Å². The van der Waals surface area contributed by atoms with E-state index in [1.54, 1.807) is 16.7 Å². The summed E-state index contributed by atoms with van der Waals surface area (Å²) in [5.74, 6) is 2.76. The van der Waals surface area contributed by atoms with E-state index >= 15 is 0 Å². The van der Waals surface area contributed by atoms with Gasteiger partial charge in [-0.05, 0) is 66.7 Å². The van der Waals surface area contributed by atoms with Crippen LogP contribution in [0.4, 0.5) is 0 Å². The van der Waals surface area contributed by atoms with E-state index in [1.807, 2.05) is 0 Å². The van der Waals surface area contributed by atoms with Gasteiger partial charge in [0.05, 0.1) is 0 Å². The molecule has 4 rings (SSSR count). The minimum absolute atomic E-state index is 0.857. The van der Waals surface area contributed by atoms with Gasteiger partial charge in [0.25, 0.3) is 0 Å². The zero-order valence-corrected chi connectivity index (χ0v) is 10.4. The largest absolute Gasteiger partial charge is 0.313 e. The molecule has 1 aromatic rings. The lowest BCUT2D eigenvalue weighted by molar-refractivity contribution is 0.364. The summed E-state index contributed by atoms with van der Waals surface area (Å²) in [6.45, 7) is 2.30. The van der Waals surface area contributed by atoms with Crippen molar-refractivity contribution in [2.75, 3.05) is 6.54 Å². The first-order valence-corrected chi connectivity index (χ1v) is 7.26. The molecule has 1 aliphatic heterocycles. The van der Waals surface area contributed by atoms with Crippen molar-refractivity contribution in [3.05, 3.63) is 34.9 Å². The monoisotopic (exact) mass is 227 g/mol. The molecule has 90 valence electrons. The number of nitrogens with one attached hydrogen (secondary N) is 1. The van der Waals surface area contributed by atoms with Crippen LogP contribution in [0.1, 0.15) is 60.6 Å². The molecule has 1 saturated carbocycles. The van der Waals surface area contributed by atoms with Gasteiger partial charge in [-0.2, -0.15) is 0 Å². The minimum atomic E-state index is 0.857. The second kappa shape index (κ2) is 3.84. The second-order valence-corrected chi connectivity index (χ2v) is 6.12. The molecule has 0 saturated heterocycles. The van der Waals surface area contributed by atoms with E-state index < -0.39 is 0 Å². The van der Waals surface area contributed by atoms with Crippen LogP contribution in [-0.4, -0.2) is 6.54 Å². The lowest BCUT2D eigenvalue weighted by atomic mass is 9.70. The Labute approximate surface area is 104 Å². The Morgan fingerprint density at radius 2 is 2.12 bits per heavy atom. The molecule has 0 aromatic heterocycles. The van der Waals surface area contributed by atoms with Crippen molar-refractivity contribution in [3.8, 4) is 0 Å². The van der Waals surface area contributed by atoms with Crippen LogP contribution in [0.15, 0.2) is 18.2 Å². The van der Waals surface area contributed by atoms with Crippen molar-refractivity contribution in [2.24, 2.45) is 5.92 Å². The molecular weight excluding hydrogens is 206 g/mol. The third kappa shape index (κ3) is 1.48. The number of fused-ring (bicyclic) bond motifs is 2. The first-order valence-electron chi connectivity index (χ1n) is 7.26. The van der Waals surface area contributed by atoms with Gasteiger partial charge in [0.15, 0.2) is 0 Å². The fourth-order valence-electron chi connectivity index (χ4n) is 4.58. The molecule has 0 amide bonds. The Morgan fingerprint density at radius 3 is 3.12 bits per heavy atom. The summed E-state index contributed by atoms with van der Waals surface area (Å²) in [5.41, 5.74) is 5.07. The van der Waals surface area contributed by atoms with Crippen LogP contribution in [0.25, 0.3) is 0 Å². The molecule has 0 radical (unpaired) electrons. The van der Waals surface area contributed by atoms with Crippen LogP contribution in [0, 0.1) is 5.92 Å². The van der Waals surface area contributed by atoms with Crippen LogP contribution in [0.5, 0.6) is 0 Å². The number of rotatable bonds is 0. The molecule has 3 atom stereocenters. The first kappa shape index (κ1) is 10.1. The number of hydrogen-bond donors (Lipinski definition) is 1. The molecular formula is C16H21N. The maximum atomic E-state index is 3.59. The van der Waals surface area contributed by atoms with Gasteiger partial charge in [0.2, 0.25) is 0 Å². The average Bonchev–Trinajstić information content (AvgIpc) is 2.73. The summed E-state index contributed by atoms with van der Waals surface area (Å²) >= 11 is 0. The predicted molar refractivity (Wildman–Crippen MR) is 70.2 cm³/mol. The molecule has 1 heterocycles. The van der Waals surface area contributed by atoms with E-state index in [4.69, 9.17) is 0 Å². The van der Waals surface area contributed by atoms with Crippen LogP contribution >= 0.6 is 0 Å². The molecule has 0 spiro atoms. The predicted octanol–water partition coefficient (Wildman–Crippen LogP) is 3.55. The van der Waals surface area contributed by atoms with E-state index in [0.29, 0.717) is 0 Å². The standard InChI is InChI=1S/C16H21N/c1-3-11-9-12-7-8-17-10-13-4-2-6-15(16(12)13)14(11)5-1/h2,4,6,11-12,14,17H,1,3,5,7-10H2. The van der Waals surface area contributed by atoms with Gasteiger partial charge in [0.1, 0.15) is 0 Å². The zero-order chi connectivity index (χ0) is 11.2. The van der Waals surface area contributed by atoms with Crippen LogP contribution in [0.3, 0.4) is 0 Å². The van der Waals surface area contributed by atoms with Gasteiger partial charge >= 0.3 is 0 Å². The molecule has 3 aliphatic rings. The normalized spacial score (nSPS) is 34.9. The van der Waals surface area contributed by atoms with Crippen molar-refractivity contribution in [2.45, 2.75) is 50.5 Å². The summed E-state index contributed by atoms with van der Waals surface area (Å²) in [7, 11) is 0. The molecule has 1 nitrogen and oxygen atoms in total. The molecule has 1 heteroatoms. The van der Waals surface area contributed by atoms with Gasteiger partial charge < -0.3 is 5.32 Å². The van der Waals surface area contributed by atoms with Gasteiger partial charge in [-0.25, -0.2) is 0 Å². The molecule has 3 unspecified atom stereocenters. The maximum Gasteiger partial charge on any atom is 0.0208 e. The van der Waals surface area contributed by atoms with Gasteiger partial charge in [0, 0.05) is 6.54 Å². The van der Waals surface area contributed by atoms with Crippen molar-refractivity contribution < 1.29 is 0 Å². The van der Waals surface area contributed by atoms with E-state index in [1.165, 1.54) is 38.6 Å². The second-order valence-electron chi connectivity index (χ2n) is 6.12. The fourth-order valence-corrected chi connectivity index (χ4v) is 4.58. The van der Waals surface area contributed by atoms with Crippen molar-refractivity contribution in [1.29, 1.82) is 0 Å². The molecule has 1 aromatic carbocycles. The molecule has 17 heavy (non-hydrogen) atoms. The highest BCUT2D eigenvalue weighted by molar-refractivity contribution is 5.43. The Balaban J connectivity index is 1.88. The van der Waals surface area contributed by atoms with Gasteiger partial charge in [-0.3, -0.25) is 0 Å². The lowest BCUT2D eigenvalue weighted by Crippen LogP contribution is -2.21. The summed E-state index contributed by atoms with van der Waals surface area (Å²) in [6.07, 6.45) is 7.22. The van der Waals surface area contributed by atoms with E-state index in [-0.39, 0.29) is 0 Å². The fraction of sp³-hybridized carbons (Fsp3) is 0.625. The SMILES string of the molecule is c1cc2c3c(c1)C1CCCC1CC3CCNC2. The van der Waals surface area contributed by atoms with Crippen LogP contribution in [0.2, 0.25) is 0 Å². The van der Waals surface area contributed by atoms with E-state index in [9.17, 15) is 0 Å². The van der Waals surface area contributed by atoms with Crippen molar-refractivity contribution in [3.63, 3.8) is 0 Å². The number of hydrogen-bond acceptors (Lipinski definition) is 1. The zero-order valence-electron chi connectivity index (χ0n) is 10.4. The molecule has 1 N–H and O–H groups in total. The van der Waals surface area contributed by atoms with E-state index in [2.05, 4.69) is 23.5 Å². The highest BCUT2D eigenvalue weighted by Crippen LogP contribution is 2.52. The summed E-state index contributed by atoms with van der Waals surface area (Å²) < 4.78 is 0. The topological polar surface area (TPSA) is 12.0 Å². The summed E-state index contributed by atoms with van der Waals surface area (Å²) in [4.78, 5) is 0. The Morgan fingerprint density at radius 1 is 1.12 bits per heavy atom. The Hall–Kier alpha value is -0.820. The Bertz CT molecular complexity index is 437. The lowest BCUT2D eigenvalue weighted by Gasteiger charge is -2.35. The average molecular weight is 227 g/mol. The third-order valence-corrected chi connectivity index (χ3v) is 5.27. The van der Waals surface area contributed by atoms with Crippen LogP contribution < -0.4 is 5.32 Å². The molecule has 0 bridgehead atoms. The summed E-state index contributed by atoms with van der Waals surface area (Å²) in [6, 6.07) is 7.07. The highest BCUT2D eigenvalue weighted by atomic mass is 14.9. The van der Waals surface area contributed by atoms with Crippen molar-refractivity contribution in [1.82, 2.24) is 5.32 Å². The highest BCUT2D eigenvalue weighted by Gasteiger charge is 2.38. The maximum absolute atomic E-state index is 3.59. The number of benzene rings is 1. The quantitative estimate of drug-likeness (QED) is 0.714. The van der Waals surface area contributed by atoms with Gasteiger partial charge in [-0.1, -0.05) is 24.6 Å². The summed E-state index contributed by atoms with van der Waals surface area (Å²) in [5, 5.41) is 3.59. The third-order valence-electron chi connectivity index (χ3n) is 5.27. The minimum Gasteiger partial charge on any atom is -0.313 e.